The number of methoxy groups -OCH3 is 1. The fourth-order valence-corrected chi connectivity index (χ4v) is 4.19. The van der Waals surface area contributed by atoms with Crippen molar-refractivity contribution in [3.05, 3.63) is 42.5 Å². The molecule has 0 unspecified atom stereocenters. The van der Waals surface area contributed by atoms with Crippen molar-refractivity contribution in [3.8, 4) is 11.5 Å². The van der Waals surface area contributed by atoms with E-state index in [4.69, 9.17) is 9.47 Å². The van der Waals surface area contributed by atoms with Crippen LogP contribution >= 0.6 is 0 Å². The number of amides is 2. The molecule has 0 saturated heterocycles. The highest BCUT2D eigenvalue weighted by Gasteiger charge is 2.29. The first-order chi connectivity index (χ1) is 14.2. The van der Waals surface area contributed by atoms with E-state index in [2.05, 4.69) is 10.0 Å². The van der Waals surface area contributed by atoms with Gasteiger partial charge >= 0.3 is 0 Å². The zero-order chi connectivity index (χ0) is 21.9. The summed E-state index contributed by atoms with van der Waals surface area (Å²) in [4.78, 5) is 26.1. The smallest absolute Gasteiger partial charge is 0.265 e. The lowest BCUT2D eigenvalue weighted by molar-refractivity contribution is -0.123. The summed E-state index contributed by atoms with van der Waals surface area (Å²) >= 11 is 0. The van der Waals surface area contributed by atoms with Crippen LogP contribution in [0.15, 0.2) is 47.4 Å². The molecule has 1 heterocycles. The van der Waals surface area contributed by atoms with Gasteiger partial charge in [-0.3, -0.25) is 14.5 Å². The number of rotatable bonds is 7. The number of sulfonamides is 1. The fraction of sp³-hybridized carbons (Fsp3) is 0.300. The first-order valence-corrected chi connectivity index (χ1v) is 10.7. The van der Waals surface area contributed by atoms with E-state index in [1.54, 1.807) is 45.2 Å². The van der Waals surface area contributed by atoms with Gasteiger partial charge in [0.25, 0.3) is 5.91 Å². The summed E-state index contributed by atoms with van der Waals surface area (Å²) < 4.78 is 37.9. The van der Waals surface area contributed by atoms with Crippen molar-refractivity contribution in [1.29, 1.82) is 0 Å². The molecule has 0 fully saturated rings. The Bertz CT molecular complexity index is 1050. The Balaban J connectivity index is 1.82. The number of fused-ring (bicyclic) bond motifs is 1. The number of anilines is 2. The Morgan fingerprint density at radius 3 is 2.53 bits per heavy atom. The monoisotopic (exact) mass is 433 g/mol. The van der Waals surface area contributed by atoms with Crippen molar-refractivity contribution in [1.82, 2.24) is 4.72 Å². The molecule has 0 atom stereocenters. The molecule has 9 nitrogen and oxygen atoms in total. The van der Waals surface area contributed by atoms with Crippen molar-refractivity contribution in [2.45, 2.75) is 24.8 Å². The van der Waals surface area contributed by atoms with E-state index in [0.717, 1.165) is 0 Å². The summed E-state index contributed by atoms with van der Waals surface area (Å²) in [6.45, 7) is 2.89. The Morgan fingerprint density at radius 1 is 1.20 bits per heavy atom. The van der Waals surface area contributed by atoms with Gasteiger partial charge in [0.15, 0.2) is 6.61 Å². The molecule has 0 aromatic heterocycles. The molecular weight excluding hydrogens is 410 g/mol. The van der Waals surface area contributed by atoms with Gasteiger partial charge in [0.1, 0.15) is 18.0 Å². The molecule has 2 N–H and O–H groups in total. The van der Waals surface area contributed by atoms with Crippen LogP contribution in [0.3, 0.4) is 0 Å². The average Bonchev–Trinajstić information content (AvgIpc) is 2.69. The Labute approximate surface area is 175 Å². The minimum atomic E-state index is -3.77. The third-order valence-corrected chi connectivity index (χ3v) is 5.91. The van der Waals surface area contributed by atoms with Gasteiger partial charge in [-0.2, -0.15) is 0 Å². The zero-order valence-corrected chi connectivity index (χ0v) is 17.7. The predicted molar refractivity (Wildman–Crippen MR) is 111 cm³/mol. The summed E-state index contributed by atoms with van der Waals surface area (Å²) in [7, 11) is -2.23. The Kier molecular flexibility index (Phi) is 6.28. The molecule has 1 aliphatic rings. The van der Waals surface area contributed by atoms with Crippen LogP contribution in [-0.2, 0) is 19.6 Å². The molecule has 1 aliphatic heterocycles. The highest BCUT2D eigenvalue weighted by Crippen LogP contribution is 2.34. The summed E-state index contributed by atoms with van der Waals surface area (Å²) in [5, 5.41) is 2.70. The van der Waals surface area contributed by atoms with Gasteiger partial charge in [0, 0.05) is 11.7 Å². The van der Waals surface area contributed by atoms with Crippen LogP contribution in [0.25, 0.3) is 0 Å². The first kappa shape index (κ1) is 21.6. The maximum absolute atomic E-state index is 12.5. The standard InChI is InChI=1S/C20H23N3O6S/c1-13(2)22-30(26,27)16-8-9-18-17(10-16)23(20(25)12-29-18)11-19(24)21-14-4-6-15(28-3)7-5-14/h4-10,13,22H,11-12H2,1-3H3,(H,21,24). The van der Waals surface area contributed by atoms with Gasteiger partial charge in [0.2, 0.25) is 15.9 Å². The van der Waals surface area contributed by atoms with Gasteiger partial charge < -0.3 is 14.8 Å². The van der Waals surface area contributed by atoms with E-state index >= 15 is 0 Å². The summed E-state index contributed by atoms with van der Waals surface area (Å²) in [6, 6.07) is 10.7. The second-order valence-electron chi connectivity index (χ2n) is 6.95. The van der Waals surface area contributed by atoms with Gasteiger partial charge in [-0.1, -0.05) is 0 Å². The predicted octanol–water partition coefficient (Wildman–Crippen LogP) is 1.75. The van der Waals surface area contributed by atoms with Crippen LogP contribution < -0.4 is 24.4 Å². The van der Waals surface area contributed by atoms with Crippen molar-refractivity contribution >= 4 is 33.2 Å². The molecule has 0 saturated carbocycles. The number of nitrogens with zero attached hydrogens (tertiary/aromatic N) is 1. The van der Waals surface area contributed by atoms with Crippen LogP contribution in [0.5, 0.6) is 11.5 Å². The van der Waals surface area contributed by atoms with Crippen molar-refractivity contribution in [2.24, 2.45) is 0 Å². The highest BCUT2D eigenvalue weighted by atomic mass is 32.2. The van der Waals surface area contributed by atoms with Gasteiger partial charge in [-0.25, -0.2) is 13.1 Å². The maximum atomic E-state index is 12.5. The number of ether oxygens (including phenoxy) is 2. The zero-order valence-electron chi connectivity index (χ0n) is 16.8. The lowest BCUT2D eigenvalue weighted by Crippen LogP contribution is -2.43. The number of nitrogens with one attached hydrogen (secondary N) is 2. The molecule has 10 heteroatoms. The van der Waals surface area contributed by atoms with E-state index in [1.807, 2.05) is 0 Å². The van der Waals surface area contributed by atoms with E-state index < -0.39 is 21.8 Å². The van der Waals surface area contributed by atoms with Gasteiger partial charge in [-0.05, 0) is 56.3 Å². The Morgan fingerprint density at radius 2 is 1.90 bits per heavy atom. The summed E-state index contributed by atoms with van der Waals surface area (Å²) in [6.07, 6.45) is 0. The summed E-state index contributed by atoms with van der Waals surface area (Å²) in [5.41, 5.74) is 0.766. The van der Waals surface area contributed by atoms with E-state index in [1.165, 1.54) is 23.1 Å². The lowest BCUT2D eigenvalue weighted by atomic mass is 10.2. The number of carbonyl (C=O) groups is 2. The van der Waals surface area contributed by atoms with E-state index in [9.17, 15) is 18.0 Å². The van der Waals surface area contributed by atoms with E-state index in [0.29, 0.717) is 17.2 Å². The van der Waals surface area contributed by atoms with Crippen LogP contribution in [0.4, 0.5) is 11.4 Å². The molecule has 2 aromatic carbocycles. The van der Waals surface area contributed by atoms with Crippen molar-refractivity contribution in [2.75, 3.05) is 30.5 Å². The van der Waals surface area contributed by atoms with E-state index in [-0.39, 0.29) is 29.8 Å². The van der Waals surface area contributed by atoms with Crippen LogP contribution in [-0.4, -0.2) is 46.5 Å². The van der Waals surface area contributed by atoms with Crippen molar-refractivity contribution in [3.63, 3.8) is 0 Å². The molecule has 0 spiro atoms. The second kappa shape index (κ2) is 8.72. The number of benzene rings is 2. The van der Waals surface area contributed by atoms with Crippen LogP contribution in [0.1, 0.15) is 13.8 Å². The Hall–Kier alpha value is -3.11. The molecule has 0 bridgehead atoms. The average molecular weight is 433 g/mol. The SMILES string of the molecule is COc1ccc(NC(=O)CN2C(=O)COc3ccc(S(=O)(=O)NC(C)C)cc32)cc1. The minimum Gasteiger partial charge on any atom is -0.497 e. The minimum absolute atomic E-state index is 0.0196. The number of hydrogen-bond acceptors (Lipinski definition) is 6. The topological polar surface area (TPSA) is 114 Å². The van der Waals surface area contributed by atoms with Gasteiger partial charge in [0.05, 0.1) is 17.7 Å². The largest absolute Gasteiger partial charge is 0.497 e. The number of carbonyl (C=O) groups excluding carboxylic acids is 2. The maximum Gasteiger partial charge on any atom is 0.265 e. The van der Waals surface area contributed by atoms with Crippen molar-refractivity contribution < 1.29 is 27.5 Å². The molecule has 3 rings (SSSR count). The fourth-order valence-electron chi connectivity index (χ4n) is 2.92. The quantitative estimate of drug-likeness (QED) is 0.688. The third-order valence-electron chi connectivity index (χ3n) is 4.25. The number of hydrogen-bond donors (Lipinski definition) is 2. The normalized spacial score (nSPS) is 13.6. The van der Waals surface area contributed by atoms with Crippen LogP contribution in [0, 0.1) is 0 Å². The first-order valence-electron chi connectivity index (χ1n) is 9.23. The highest BCUT2D eigenvalue weighted by molar-refractivity contribution is 7.89. The van der Waals surface area contributed by atoms with Crippen LogP contribution in [0.2, 0.25) is 0 Å². The molecule has 0 aliphatic carbocycles. The molecule has 30 heavy (non-hydrogen) atoms. The second-order valence-corrected chi connectivity index (χ2v) is 8.66. The third kappa shape index (κ3) is 4.89. The lowest BCUT2D eigenvalue weighted by Gasteiger charge is -2.29. The molecule has 0 radical (unpaired) electrons. The molecule has 2 amide bonds. The molecular formula is C20H23N3O6S. The van der Waals surface area contributed by atoms with Gasteiger partial charge in [-0.15, -0.1) is 0 Å². The molecule has 160 valence electrons. The summed E-state index contributed by atoms with van der Waals surface area (Å²) in [5.74, 6) is 0.0954. The molecule has 2 aromatic rings.